The van der Waals surface area contributed by atoms with Crippen molar-refractivity contribution >= 4 is 23.4 Å². The normalized spacial score (nSPS) is 17.9. The van der Waals surface area contributed by atoms with E-state index in [0.717, 1.165) is 16.7 Å². The number of halogens is 2. The average molecular weight is 451 g/mol. The molecule has 0 spiro atoms. The summed E-state index contributed by atoms with van der Waals surface area (Å²) in [4.78, 5) is 28.1. The number of hydrogen-bond acceptors (Lipinski definition) is 2. The first kappa shape index (κ1) is 22.0. The predicted octanol–water partition coefficient (Wildman–Crippen LogP) is 4.96. The number of nitrogens with zero attached hydrogens (tertiary/aromatic N) is 1. The van der Waals surface area contributed by atoms with Crippen LogP contribution in [-0.2, 0) is 11.3 Å². The Morgan fingerprint density at radius 1 is 1.03 bits per heavy atom. The minimum atomic E-state index is -0.389. The Balaban J connectivity index is 1.56. The number of nitrogens with one attached hydrogen (secondary N) is 1. The second kappa shape index (κ2) is 9.53. The molecule has 4 nitrogen and oxygen atoms in total. The smallest absolute Gasteiger partial charge is 0.253 e. The summed E-state index contributed by atoms with van der Waals surface area (Å²) in [6, 6.07) is 20.9. The van der Waals surface area contributed by atoms with Gasteiger partial charge in [0.15, 0.2) is 0 Å². The highest BCUT2D eigenvalue weighted by Crippen LogP contribution is 2.35. The van der Waals surface area contributed by atoms with Crippen LogP contribution in [-0.4, -0.2) is 29.8 Å². The molecule has 1 fully saturated rings. The average Bonchev–Trinajstić information content (AvgIpc) is 3.23. The van der Waals surface area contributed by atoms with E-state index in [9.17, 15) is 14.0 Å². The lowest BCUT2D eigenvalue weighted by molar-refractivity contribution is -0.125. The van der Waals surface area contributed by atoms with Gasteiger partial charge in [0.1, 0.15) is 5.82 Å². The van der Waals surface area contributed by atoms with E-state index in [-0.39, 0.29) is 29.5 Å². The lowest BCUT2D eigenvalue weighted by Crippen LogP contribution is -2.35. The monoisotopic (exact) mass is 450 g/mol. The quantitative estimate of drug-likeness (QED) is 0.597. The number of likely N-dealkylation sites (tertiary alicyclic amines) is 1. The van der Waals surface area contributed by atoms with Gasteiger partial charge in [0.25, 0.3) is 5.91 Å². The van der Waals surface area contributed by atoms with Gasteiger partial charge in [0.2, 0.25) is 5.91 Å². The molecule has 1 aliphatic heterocycles. The van der Waals surface area contributed by atoms with Crippen LogP contribution < -0.4 is 5.32 Å². The zero-order chi connectivity index (χ0) is 22.7. The SMILES string of the molecule is Cc1ccccc1C1CN(C(=O)c2cccc(Cl)c2)CC1C(=O)NCc1ccc(F)cc1. The summed E-state index contributed by atoms with van der Waals surface area (Å²) in [5.41, 5.74) is 3.48. The first-order valence-corrected chi connectivity index (χ1v) is 10.9. The Kier molecular flexibility index (Phi) is 6.56. The van der Waals surface area contributed by atoms with Crippen LogP contribution in [0.4, 0.5) is 4.39 Å². The number of rotatable bonds is 5. The van der Waals surface area contributed by atoms with Gasteiger partial charge >= 0.3 is 0 Å². The fraction of sp³-hybridized carbons (Fsp3) is 0.231. The van der Waals surface area contributed by atoms with Gasteiger partial charge in [-0.25, -0.2) is 4.39 Å². The molecular formula is C26H24ClFN2O2. The summed E-state index contributed by atoms with van der Waals surface area (Å²) < 4.78 is 13.2. The zero-order valence-electron chi connectivity index (χ0n) is 17.7. The minimum Gasteiger partial charge on any atom is -0.352 e. The van der Waals surface area contributed by atoms with Gasteiger partial charge in [-0.3, -0.25) is 9.59 Å². The molecule has 1 heterocycles. The van der Waals surface area contributed by atoms with E-state index in [1.807, 2.05) is 31.2 Å². The van der Waals surface area contributed by atoms with Gasteiger partial charge in [-0.1, -0.05) is 54.1 Å². The first-order valence-electron chi connectivity index (χ1n) is 10.5. The molecule has 4 rings (SSSR count). The maximum absolute atomic E-state index is 13.2. The molecule has 0 aliphatic carbocycles. The molecule has 2 atom stereocenters. The van der Waals surface area contributed by atoms with Crippen LogP contribution in [0.5, 0.6) is 0 Å². The van der Waals surface area contributed by atoms with E-state index < -0.39 is 0 Å². The number of hydrogen-bond donors (Lipinski definition) is 1. The van der Waals surface area contributed by atoms with Crippen molar-refractivity contribution < 1.29 is 14.0 Å². The van der Waals surface area contributed by atoms with Gasteiger partial charge in [-0.05, 0) is 53.9 Å². The summed E-state index contributed by atoms with van der Waals surface area (Å²) in [6.07, 6.45) is 0. The van der Waals surface area contributed by atoms with Gasteiger partial charge in [0.05, 0.1) is 5.92 Å². The summed E-state index contributed by atoms with van der Waals surface area (Å²) >= 11 is 6.07. The number of benzene rings is 3. The Morgan fingerprint density at radius 3 is 2.50 bits per heavy atom. The molecule has 0 bridgehead atoms. The topological polar surface area (TPSA) is 49.4 Å². The van der Waals surface area contributed by atoms with Crippen molar-refractivity contribution in [2.24, 2.45) is 5.92 Å². The van der Waals surface area contributed by atoms with E-state index >= 15 is 0 Å². The third kappa shape index (κ3) is 4.83. The van der Waals surface area contributed by atoms with Crippen LogP contribution in [0, 0.1) is 18.7 Å². The largest absolute Gasteiger partial charge is 0.352 e. The number of aryl methyl sites for hydroxylation is 1. The number of amides is 2. The van der Waals surface area contributed by atoms with Gasteiger partial charge < -0.3 is 10.2 Å². The molecule has 164 valence electrons. The number of carbonyl (C=O) groups excluding carboxylic acids is 2. The van der Waals surface area contributed by atoms with E-state index in [0.29, 0.717) is 30.2 Å². The lowest BCUT2D eigenvalue weighted by Gasteiger charge is -2.20. The molecule has 1 N–H and O–H groups in total. The molecule has 1 saturated heterocycles. The van der Waals surface area contributed by atoms with Crippen molar-refractivity contribution in [1.82, 2.24) is 10.2 Å². The summed E-state index contributed by atoms with van der Waals surface area (Å²) in [7, 11) is 0. The van der Waals surface area contributed by atoms with Crippen LogP contribution >= 0.6 is 11.6 Å². The second-order valence-corrected chi connectivity index (χ2v) is 8.57. The predicted molar refractivity (Wildman–Crippen MR) is 123 cm³/mol. The maximum atomic E-state index is 13.2. The summed E-state index contributed by atoms with van der Waals surface area (Å²) in [6.45, 7) is 3.09. The first-order chi connectivity index (χ1) is 15.4. The molecule has 2 unspecified atom stereocenters. The summed E-state index contributed by atoms with van der Waals surface area (Å²) in [5, 5.41) is 3.47. The van der Waals surface area contributed by atoms with Crippen LogP contribution in [0.3, 0.4) is 0 Å². The highest BCUT2D eigenvalue weighted by atomic mass is 35.5. The van der Waals surface area contributed by atoms with Crippen LogP contribution in [0.2, 0.25) is 5.02 Å². The summed E-state index contributed by atoms with van der Waals surface area (Å²) in [5.74, 6) is -1.08. The van der Waals surface area contributed by atoms with Crippen molar-refractivity contribution in [3.8, 4) is 0 Å². The molecule has 3 aromatic rings. The van der Waals surface area contributed by atoms with E-state index in [1.165, 1.54) is 12.1 Å². The molecule has 32 heavy (non-hydrogen) atoms. The standard InChI is InChI=1S/C26H24ClFN2O2/c1-17-5-2-3-8-22(17)23-15-30(26(32)19-6-4-7-20(27)13-19)16-24(23)25(31)29-14-18-9-11-21(28)12-10-18/h2-13,23-24H,14-16H2,1H3,(H,29,31). The van der Waals surface area contributed by atoms with Crippen molar-refractivity contribution in [1.29, 1.82) is 0 Å². The molecule has 3 aromatic carbocycles. The molecule has 6 heteroatoms. The zero-order valence-corrected chi connectivity index (χ0v) is 18.5. The Labute approximate surface area is 192 Å². The highest BCUT2D eigenvalue weighted by molar-refractivity contribution is 6.30. The lowest BCUT2D eigenvalue weighted by atomic mass is 9.86. The van der Waals surface area contributed by atoms with Gasteiger partial charge in [-0.15, -0.1) is 0 Å². The Bertz CT molecular complexity index is 1130. The molecule has 1 aliphatic rings. The fourth-order valence-electron chi connectivity index (χ4n) is 4.28. The van der Waals surface area contributed by atoms with Gasteiger partial charge in [-0.2, -0.15) is 0 Å². The third-order valence-corrected chi connectivity index (χ3v) is 6.22. The molecule has 2 amide bonds. The van der Waals surface area contributed by atoms with Gasteiger partial charge in [0, 0.05) is 36.1 Å². The molecular weight excluding hydrogens is 427 g/mol. The maximum Gasteiger partial charge on any atom is 0.253 e. The van der Waals surface area contributed by atoms with E-state index in [2.05, 4.69) is 5.32 Å². The van der Waals surface area contributed by atoms with Crippen LogP contribution in [0.25, 0.3) is 0 Å². The molecule has 0 saturated carbocycles. The van der Waals surface area contributed by atoms with E-state index in [4.69, 9.17) is 11.6 Å². The highest BCUT2D eigenvalue weighted by Gasteiger charge is 2.41. The van der Waals surface area contributed by atoms with E-state index in [1.54, 1.807) is 41.3 Å². The van der Waals surface area contributed by atoms with Crippen LogP contribution in [0.1, 0.15) is 33.0 Å². The van der Waals surface area contributed by atoms with Crippen LogP contribution in [0.15, 0.2) is 72.8 Å². The minimum absolute atomic E-state index is 0.118. The van der Waals surface area contributed by atoms with Crippen molar-refractivity contribution in [3.05, 3.63) is 106 Å². The second-order valence-electron chi connectivity index (χ2n) is 8.13. The third-order valence-electron chi connectivity index (χ3n) is 5.98. The fourth-order valence-corrected chi connectivity index (χ4v) is 4.47. The Morgan fingerprint density at radius 2 is 1.78 bits per heavy atom. The van der Waals surface area contributed by atoms with Crippen molar-refractivity contribution in [3.63, 3.8) is 0 Å². The van der Waals surface area contributed by atoms with Crippen molar-refractivity contribution in [2.75, 3.05) is 13.1 Å². The Hall–Kier alpha value is -3.18. The molecule has 0 radical (unpaired) electrons. The van der Waals surface area contributed by atoms with Crippen molar-refractivity contribution in [2.45, 2.75) is 19.4 Å². The number of carbonyl (C=O) groups is 2. The molecule has 0 aromatic heterocycles.